The van der Waals surface area contributed by atoms with Gasteiger partial charge < -0.3 is 4.74 Å². The number of hydrogen-bond donors (Lipinski definition) is 1. The molecule has 1 fully saturated rings. The maximum Gasteiger partial charge on any atom is 0.0552 e. The Morgan fingerprint density at radius 1 is 1.43 bits per heavy atom. The van der Waals surface area contributed by atoms with Crippen LogP contribution in [0.5, 0.6) is 0 Å². The summed E-state index contributed by atoms with van der Waals surface area (Å²) in [6, 6.07) is 8.47. The van der Waals surface area contributed by atoms with Gasteiger partial charge in [-0.05, 0) is 43.4 Å². The molecule has 1 heterocycles. The van der Waals surface area contributed by atoms with Crippen molar-refractivity contribution in [3.63, 3.8) is 0 Å². The molecule has 0 spiro atoms. The number of benzene rings is 1. The van der Waals surface area contributed by atoms with Crippen LogP contribution in [0.15, 0.2) is 29.2 Å². The van der Waals surface area contributed by atoms with Crippen LogP contribution in [0.1, 0.15) is 31.2 Å². The molecule has 76 valence electrons. The minimum Gasteiger partial charge on any atom is -0.378 e. The first-order valence-electron chi connectivity index (χ1n) is 5.16. The number of ether oxygens (including phenoxy) is 1. The Kier molecular flexibility index (Phi) is 3.14. The normalized spacial score (nSPS) is 27.6. The third-order valence-corrected chi connectivity index (χ3v) is 3.10. The van der Waals surface area contributed by atoms with Gasteiger partial charge in [0.05, 0.1) is 6.10 Å². The Hall–Kier alpha value is -0.470. The van der Waals surface area contributed by atoms with Gasteiger partial charge in [-0.2, -0.15) is 0 Å². The fourth-order valence-electron chi connectivity index (χ4n) is 2.08. The minimum absolute atomic E-state index is 0.400. The van der Waals surface area contributed by atoms with Gasteiger partial charge in [-0.15, -0.1) is 12.6 Å². The van der Waals surface area contributed by atoms with Crippen molar-refractivity contribution in [2.75, 3.05) is 6.61 Å². The van der Waals surface area contributed by atoms with Crippen molar-refractivity contribution < 1.29 is 4.74 Å². The van der Waals surface area contributed by atoms with Crippen LogP contribution >= 0.6 is 12.6 Å². The zero-order valence-electron chi connectivity index (χ0n) is 8.44. The van der Waals surface area contributed by atoms with E-state index >= 15 is 0 Å². The standard InChI is InChI=1S/C12H16OS/c1-9-7-11(5-6-13-9)10-3-2-4-12(14)8-10/h2-4,8-9,11,14H,5-7H2,1H3. The average Bonchev–Trinajstić information content (AvgIpc) is 2.18. The molecule has 2 heteroatoms. The summed E-state index contributed by atoms with van der Waals surface area (Å²) in [6.07, 6.45) is 2.68. The zero-order valence-corrected chi connectivity index (χ0v) is 9.34. The SMILES string of the molecule is CC1CC(c2cccc(S)c2)CCO1. The van der Waals surface area contributed by atoms with Crippen LogP contribution in [-0.2, 0) is 4.74 Å². The van der Waals surface area contributed by atoms with E-state index in [9.17, 15) is 0 Å². The molecule has 0 amide bonds. The topological polar surface area (TPSA) is 9.23 Å². The van der Waals surface area contributed by atoms with Crippen LogP contribution in [0.4, 0.5) is 0 Å². The molecule has 0 aliphatic carbocycles. The molecule has 1 aliphatic heterocycles. The summed E-state index contributed by atoms with van der Waals surface area (Å²) in [5, 5.41) is 0. The molecule has 0 aromatic heterocycles. The van der Waals surface area contributed by atoms with Crippen molar-refractivity contribution in [3.8, 4) is 0 Å². The highest BCUT2D eigenvalue weighted by atomic mass is 32.1. The van der Waals surface area contributed by atoms with Crippen LogP contribution in [-0.4, -0.2) is 12.7 Å². The van der Waals surface area contributed by atoms with Crippen LogP contribution in [0.3, 0.4) is 0 Å². The number of rotatable bonds is 1. The first kappa shape index (κ1) is 10.1. The minimum atomic E-state index is 0.400. The second-order valence-electron chi connectivity index (χ2n) is 4.00. The second-order valence-corrected chi connectivity index (χ2v) is 4.51. The fraction of sp³-hybridized carbons (Fsp3) is 0.500. The summed E-state index contributed by atoms with van der Waals surface area (Å²) in [7, 11) is 0. The van der Waals surface area contributed by atoms with Crippen LogP contribution < -0.4 is 0 Å². The average molecular weight is 208 g/mol. The summed E-state index contributed by atoms with van der Waals surface area (Å²) in [5.41, 5.74) is 1.41. The van der Waals surface area contributed by atoms with Gasteiger partial charge >= 0.3 is 0 Å². The second kappa shape index (κ2) is 4.37. The van der Waals surface area contributed by atoms with Gasteiger partial charge in [0.1, 0.15) is 0 Å². The molecule has 2 rings (SSSR count). The maximum atomic E-state index is 5.54. The first-order chi connectivity index (χ1) is 6.75. The van der Waals surface area contributed by atoms with E-state index in [4.69, 9.17) is 4.74 Å². The molecule has 14 heavy (non-hydrogen) atoms. The molecule has 2 unspecified atom stereocenters. The van der Waals surface area contributed by atoms with E-state index in [1.165, 1.54) is 5.56 Å². The van der Waals surface area contributed by atoms with E-state index in [0.29, 0.717) is 12.0 Å². The van der Waals surface area contributed by atoms with E-state index in [0.717, 1.165) is 24.3 Å². The molecule has 1 nitrogen and oxygen atoms in total. The van der Waals surface area contributed by atoms with Crippen molar-refractivity contribution in [1.29, 1.82) is 0 Å². The number of hydrogen-bond acceptors (Lipinski definition) is 2. The Morgan fingerprint density at radius 3 is 3.00 bits per heavy atom. The lowest BCUT2D eigenvalue weighted by Crippen LogP contribution is -2.21. The Labute approximate surface area is 90.9 Å². The predicted octanol–water partition coefficient (Wildman–Crippen LogP) is 3.26. The fourth-order valence-corrected chi connectivity index (χ4v) is 2.31. The van der Waals surface area contributed by atoms with E-state index in [2.05, 4.69) is 37.8 Å². The van der Waals surface area contributed by atoms with Gasteiger partial charge in [0.2, 0.25) is 0 Å². The highest BCUT2D eigenvalue weighted by Gasteiger charge is 2.20. The van der Waals surface area contributed by atoms with Crippen molar-refractivity contribution in [3.05, 3.63) is 29.8 Å². The van der Waals surface area contributed by atoms with Gasteiger partial charge in [0.15, 0.2) is 0 Å². The molecule has 1 aromatic carbocycles. The van der Waals surface area contributed by atoms with E-state index < -0.39 is 0 Å². The van der Waals surface area contributed by atoms with Crippen LogP contribution in [0, 0.1) is 0 Å². The molecule has 0 bridgehead atoms. The van der Waals surface area contributed by atoms with E-state index in [1.54, 1.807) is 0 Å². The summed E-state index contributed by atoms with van der Waals surface area (Å²) in [4.78, 5) is 1.06. The summed E-state index contributed by atoms with van der Waals surface area (Å²) >= 11 is 4.36. The largest absolute Gasteiger partial charge is 0.378 e. The maximum absolute atomic E-state index is 5.54. The zero-order chi connectivity index (χ0) is 9.97. The number of thiol groups is 1. The molecule has 2 atom stereocenters. The van der Waals surface area contributed by atoms with Crippen LogP contribution in [0.25, 0.3) is 0 Å². The van der Waals surface area contributed by atoms with Crippen molar-refractivity contribution in [2.24, 2.45) is 0 Å². The van der Waals surface area contributed by atoms with E-state index in [1.807, 2.05) is 6.07 Å². The molecule has 0 N–H and O–H groups in total. The quantitative estimate of drug-likeness (QED) is 0.697. The van der Waals surface area contributed by atoms with Gasteiger partial charge in [0.25, 0.3) is 0 Å². The molecule has 1 aliphatic rings. The summed E-state index contributed by atoms with van der Waals surface area (Å²) in [5.74, 6) is 0.658. The Balaban J connectivity index is 2.14. The van der Waals surface area contributed by atoms with Crippen molar-refractivity contribution >= 4 is 12.6 Å². The lowest BCUT2D eigenvalue weighted by Gasteiger charge is -2.27. The smallest absolute Gasteiger partial charge is 0.0552 e. The van der Waals surface area contributed by atoms with Gasteiger partial charge in [-0.1, -0.05) is 12.1 Å². The monoisotopic (exact) mass is 208 g/mol. The first-order valence-corrected chi connectivity index (χ1v) is 5.61. The van der Waals surface area contributed by atoms with Gasteiger partial charge in [-0.3, -0.25) is 0 Å². The van der Waals surface area contributed by atoms with Crippen molar-refractivity contribution in [1.82, 2.24) is 0 Å². The van der Waals surface area contributed by atoms with Crippen molar-refractivity contribution in [2.45, 2.75) is 36.7 Å². The lowest BCUT2D eigenvalue weighted by atomic mass is 9.89. The van der Waals surface area contributed by atoms with E-state index in [-0.39, 0.29) is 0 Å². The van der Waals surface area contributed by atoms with Gasteiger partial charge in [0, 0.05) is 11.5 Å². The molecular weight excluding hydrogens is 192 g/mol. The highest BCUT2D eigenvalue weighted by molar-refractivity contribution is 7.80. The molecule has 1 aromatic rings. The highest BCUT2D eigenvalue weighted by Crippen LogP contribution is 2.30. The predicted molar refractivity (Wildman–Crippen MR) is 61.1 cm³/mol. The molecule has 1 saturated heterocycles. The summed E-state index contributed by atoms with van der Waals surface area (Å²) in [6.45, 7) is 3.04. The molecular formula is C12H16OS. The lowest BCUT2D eigenvalue weighted by molar-refractivity contribution is 0.0186. The third kappa shape index (κ3) is 2.31. The molecule has 0 radical (unpaired) electrons. The molecule has 0 saturated carbocycles. The Bertz CT molecular complexity index is 311. The summed E-state index contributed by atoms with van der Waals surface area (Å²) < 4.78 is 5.54. The third-order valence-electron chi connectivity index (χ3n) is 2.83. The van der Waals surface area contributed by atoms with Crippen LogP contribution in [0.2, 0.25) is 0 Å². The van der Waals surface area contributed by atoms with Gasteiger partial charge in [-0.25, -0.2) is 0 Å². The Morgan fingerprint density at radius 2 is 2.29 bits per heavy atom.